The summed E-state index contributed by atoms with van der Waals surface area (Å²) in [6.07, 6.45) is 0.349. The van der Waals surface area contributed by atoms with E-state index in [-0.39, 0.29) is 36.6 Å². The Balaban J connectivity index is 1.74. The Morgan fingerprint density at radius 3 is 2.54 bits per heavy atom. The number of fused-ring (bicyclic) bond motifs is 1. The lowest BCUT2D eigenvalue weighted by Crippen LogP contribution is -2.53. The molecule has 2 aromatic carbocycles. The van der Waals surface area contributed by atoms with Gasteiger partial charge in [0.2, 0.25) is 5.91 Å². The average Bonchev–Trinajstić information content (AvgIpc) is 2.67. The van der Waals surface area contributed by atoms with Crippen molar-refractivity contribution in [1.29, 1.82) is 0 Å². The fourth-order valence-electron chi connectivity index (χ4n) is 3.45. The van der Waals surface area contributed by atoms with E-state index in [4.69, 9.17) is 16.1 Å². The van der Waals surface area contributed by atoms with Gasteiger partial charge in [-0.1, -0.05) is 30.3 Å². The highest BCUT2D eigenvalue weighted by atomic mass is 16.5. The van der Waals surface area contributed by atoms with Gasteiger partial charge in [0.15, 0.2) is 0 Å². The zero-order chi connectivity index (χ0) is 20.3. The number of rotatable bonds is 6. The number of aromatic carboxylic acids is 1. The third-order valence-electron chi connectivity index (χ3n) is 4.84. The van der Waals surface area contributed by atoms with E-state index in [9.17, 15) is 19.7 Å². The Labute approximate surface area is 162 Å². The molecule has 0 radical (unpaired) electrons. The molecule has 0 spiro atoms. The second-order valence-electron chi connectivity index (χ2n) is 6.63. The van der Waals surface area contributed by atoms with Crippen LogP contribution in [0, 0.1) is 0 Å². The van der Waals surface area contributed by atoms with Crippen molar-refractivity contribution in [2.24, 2.45) is 11.5 Å². The molecule has 7 N–H and O–H groups in total. The Kier molecular flexibility index (Phi) is 5.98. The Morgan fingerprint density at radius 2 is 1.86 bits per heavy atom. The maximum absolute atomic E-state index is 12.5. The number of nitrogens with one attached hydrogen (secondary N) is 1. The number of hydrogen-bond donors (Lipinski definition) is 5. The van der Waals surface area contributed by atoms with Crippen molar-refractivity contribution >= 4 is 19.0 Å². The van der Waals surface area contributed by atoms with Gasteiger partial charge in [0.1, 0.15) is 5.75 Å². The summed E-state index contributed by atoms with van der Waals surface area (Å²) in [7, 11) is -1.35. The average molecular weight is 383 g/mol. The van der Waals surface area contributed by atoms with Crippen LogP contribution in [0.25, 0.3) is 0 Å². The van der Waals surface area contributed by atoms with E-state index in [1.54, 1.807) is 12.1 Å². The quantitative estimate of drug-likeness (QED) is 0.441. The van der Waals surface area contributed by atoms with E-state index in [1.165, 1.54) is 6.07 Å². The van der Waals surface area contributed by atoms with E-state index in [1.807, 2.05) is 18.2 Å². The Hall–Kier alpha value is -2.88. The lowest BCUT2D eigenvalue weighted by molar-refractivity contribution is -0.120. The molecule has 0 saturated carbocycles. The number of hydrogen-bond acceptors (Lipinski definition) is 6. The summed E-state index contributed by atoms with van der Waals surface area (Å²) in [5.41, 5.74) is 14.6. The second-order valence-corrected chi connectivity index (χ2v) is 6.63. The number of benzene rings is 2. The molecule has 1 atom stereocenters. The first-order valence-electron chi connectivity index (χ1n) is 8.93. The fraction of sp³-hybridized carbons (Fsp3) is 0.263. The lowest BCUT2D eigenvalue weighted by atomic mass is 9.72. The van der Waals surface area contributed by atoms with Gasteiger partial charge in [-0.3, -0.25) is 4.79 Å². The smallest absolute Gasteiger partial charge is 0.534 e. The van der Waals surface area contributed by atoms with E-state index in [2.05, 4.69) is 5.32 Å². The summed E-state index contributed by atoms with van der Waals surface area (Å²) < 4.78 is 5.39. The van der Waals surface area contributed by atoms with Crippen molar-refractivity contribution in [1.82, 2.24) is 5.32 Å². The maximum atomic E-state index is 12.5. The number of carboxylic acids is 1. The largest absolute Gasteiger partial charge is 0.547 e. The third kappa shape index (κ3) is 4.01. The summed E-state index contributed by atoms with van der Waals surface area (Å²) in [6.45, 7) is 0.607. The minimum absolute atomic E-state index is 0.0208. The molecule has 1 aliphatic rings. The van der Waals surface area contributed by atoms with E-state index >= 15 is 0 Å². The Morgan fingerprint density at radius 1 is 1.14 bits per heavy atom. The van der Waals surface area contributed by atoms with Crippen LogP contribution in [-0.2, 0) is 30.7 Å². The number of carbonyl (C=O) groups is 2. The summed E-state index contributed by atoms with van der Waals surface area (Å²) in [5, 5.41) is 22.3. The first-order chi connectivity index (χ1) is 13.4. The fourth-order valence-corrected chi connectivity index (χ4v) is 3.45. The van der Waals surface area contributed by atoms with Crippen LogP contribution in [0.2, 0.25) is 0 Å². The zero-order valence-corrected chi connectivity index (χ0v) is 15.2. The topological polar surface area (TPSA) is 148 Å². The van der Waals surface area contributed by atoms with Crippen molar-refractivity contribution in [3.8, 4) is 5.75 Å². The van der Waals surface area contributed by atoms with Crippen molar-refractivity contribution in [2.75, 3.05) is 0 Å². The van der Waals surface area contributed by atoms with Gasteiger partial charge in [0.05, 0.1) is 17.9 Å². The first kappa shape index (κ1) is 19.9. The highest BCUT2D eigenvalue weighted by Crippen LogP contribution is 2.30. The van der Waals surface area contributed by atoms with Gasteiger partial charge >= 0.3 is 13.1 Å². The number of carbonyl (C=O) groups excluding carboxylic acids is 1. The molecule has 3 rings (SSSR count). The standard InChI is InChI=1S/C19H22BN3O5/c21-9-13-5-1-3-11(15(13)10-22)8-17(24)23-16-7-12-4-2-6-14(19(25)26)18(12)28-20(16)27/h1-6,16,27H,7-10,21-22H2,(H,23,24)(H,25,26)/t16-/m0/s1. The summed E-state index contributed by atoms with van der Waals surface area (Å²) in [4.78, 5) is 23.8. The highest BCUT2D eigenvalue weighted by Gasteiger charge is 2.37. The van der Waals surface area contributed by atoms with E-state index in [0.29, 0.717) is 12.1 Å². The van der Waals surface area contributed by atoms with Crippen molar-refractivity contribution in [2.45, 2.75) is 31.9 Å². The van der Waals surface area contributed by atoms with Crippen LogP contribution in [0.5, 0.6) is 5.75 Å². The van der Waals surface area contributed by atoms with Gasteiger partial charge in [-0.15, -0.1) is 0 Å². The predicted molar refractivity (Wildman–Crippen MR) is 104 cm³/mol. The van der Waals surface area contributed by atoms with Gasteiger partial charge in [0.25, 0.3) is 0 Å². The van der Waals surface area contributed by atoms with Crippen LogP contribution >= 0.6 is 0 Å². The molecule has 9 heteroatoms. The van der Waals surface area contributed by atoms with Gasteiger partial charge in [-0.05, 0) is 34.7 Å². The van der Waals surface area contributed by atoms with Crippen LogP contribution in [-0.4, -0.2) is 35.1 Å². The van der Waals surface area contributed by atoms with Crippen molar-refractivity contribution < 1.29 is 24.4 Å². The van der Waals surface area contributed by atoms with Crippen LogP contribution in [0.3, 0.4) is 0 Å². The molecule has 0 aliphatic carbocycles. The molecular formula is C19H22BN3O5. The lowest BCUT2D eigenvalue weighted by Gasteiger charge is -2.29. The number of para-hydroxylation sites is 1. The van der Waals surface area contributed by atoms with Gasteiger partial charge in [-0.2, -0.15) is 0 Å². The van der Waals surface area contributed by atoms with Crippen molar-refractivity contribution in [3.63, 3.8) is 0 Å². The minimum atomic E-state index is -1.35. The maximum Gasteiger partial charge on any atom is 0.547 e. The number of nitrogens with two attached hydrogens (primary N) is 2. The Bertz CT molecular complexity index is 905. The molecule has 1 aliphatic heterocycles. The second kappa shape index (κ2) is 8.43. The monoisotopic (exact) mass is 383 g/mol. The van der Waals surface area contributed by atoms with Crippen molar-refractivity contribution in [3.05, 3.63) is 64.2 Å². The SMILES string of the molecule is NCc1cccc(CC(=O)N[C@H]2Cc3cccc(C(=O)O)c3OB2O)c1CN. The minimum Gasteiger partial charge on any atom is -0.534 e. The molecule has 1 amide bonds. The van der Waals surface area contributed by atoms with Gasteiger partial charge in [-0.25, -0.2) is 4.79 Å². The van der Waals surface area contributed by atoms with Gasteiger partial charge < -0.3 is 31.6 Å². The number of carboxylic acid groups (broad SMARTS) is 1. The molecule has 0 saturated heterocycles. The molecule has 1 heterocycles. The highest BCUT2D eigenvalue weighted by molar-refractivity contribution is 6.47. The zero-order valence-electron chi connectivity index (χ0n) is 15.2. The normalized spacial score (nSPS) is 15.5. The van der Waals surface area contributed by atoms with Gasteiger partial charge in [0, 0.05) is 13.1 Å². The molecule has 146 valence electrons. The van der Waals surface area contributed by atoms with E-state index < -0.39 is 19.0 Å². The molecule has 0 unspecified atom stereocenters. The summed E-state index contributed by atoms with van der Waals surface area (Å²) in [6, 6.07) is 10.2. The molecule has 0 aromatic heterocycles. The first-order valence-corrected chi connectivity index (χ1v) is 8.93. The third-order valence-corrected chi connectivity index (χ3v) is 4.84. The molecule has 2 aromatic rings. The molecular weight excluding hydrogens is 361 g/mol. The van der Waals surface area contributed by atoms with Crippen LogP contribution in [0.4, 0.5) is 0 Å². The summed E-state index contributed by atoms with van der Waals surface area (Å²) in [5.74, 6) is -1.99. The molecule has 0 fully saturated rings. The molecule has 8 nitrogen and oxygen atoms in total. The van der Waals surface area contributed by atoms with Crippen LogP contribution < -0.4 is 21.4 Å². The van der Waals surface area contributed by atoms with Crippen LogP contribution in [0.1, 0.15) is 32.6 Å². The molecule has 28 heavy (non-hydrogen) atoms. The van der Waals surface area contributed by atoms with Crippen LogP contribution in [0.15, 0.2) is 36.4 Å². The number of amides is 1. The van der Waals surface area contributed by atoms with E-state index in [0.717, 1.165) is 16.7 Å². The summed E-state index contributed by atoms with van der Waals surface area (Å²) >= 11 is 0. The molecule has 0 bridgehead atoms. The predicted octanol–water partition coefficient (Wildman–Crippen LogP) is -0.0157.